The Balaban J connectivity index is 1.80. The second kappa shape index (κ2) is 6.65. The van der Waals surface area contributed by atoms with Crippen LogP contribution < -0.4 is 0 Å². The lowest BCUT2D eigenvalue weighted by molar-refractivity contribution is 0.876. The number of pyridine rings is 1. The molecule has 144 valence electrons. The van der Waals surface area contributed by atoms with E-state index in [-0.39, 0.29) is 0 Å². The van der Waals surface area contributed by atoms with Gasteiger partial charge in [0.15, 0.2) is 0 Å². The van der Waals surface area contributed by atoms with E-state index in [0.717, 1.165) is 11.2 Å². The third-order valence-corrected chi connectivity index (χ3v) is 7.21. The summed E-state index contributed by atoms with van der Waals surface area (Å²) in [5.41, 5.74) is 4.74. The molecule has 0 bridgehead atoms. The Hall–Kier alpha value is -3.23. The molecule has 0 aliphatic rings. The van der Waals surface area contributed by atoms with Crippen LogP contribution in [-0.4, -0.2) is 4.98 Å². The number of para-hydroxylation sites is 1. The third-order valence-electron chi connectivity index (χ3n) is 6.00. The summed E-state index contributed by atoms with van der Waals surface area (Å²) in [6.07, 6.45) is 0. The van der Waals surface area contributed by atoms with Gasteiger partial charge in [-0.1, -0.05) is 74.5 Å². The van der Waals surface area contributed by atoms with E-state index in [0.29, 0.717) is 5.92 Å². The molecule has 1 nitrogen and oxygen atoms in total. The molecule has 6 aromatic rings. The Labute approximate surface area is 179 Å². The highest BCUT2D eigenvalue weighted by Gasteiger charge is 2.17. The molecule has 0 fully saturated rings. The monoisotopic (exact) mass is 403 g/mol. The molecular weight excluding hydrogens is 382 g/mol. The number of rotatable bonds is 2. The maximum absolute atomic E-state index is 5.21. The highest BCUT2D eigenvalue weighted by Crippen LogP contribution is 2.43. The smallest absolute Gasteiger partial charge is 0.0803 e. The Bertz CT molecular complexity index is 1570. The van der Waals surface area contributed by atoms with Crippen LogP contribution in [0.5, 0.6) is 0 Å². The average molecular weight is 404 g/mol. The molecule has 30 heavy (non-hydrogen) atoms. The number of benzene rings is 4. The molecule has 0 aliphatic heterocycles. The standard InChI is InChI=1S/C28H21NS/c1-17(2)23-16-19(15-18-9-3-4-10-20(18)23)27-26-22-12-6-8-14-25(22)30-28(26)21-11-5-7-13-24(21)29-27/h3-17H,1-2H3. The summed E-state index contributed by atoms with van der Waals surface area (Å²) in [5, 5.41) is 6.43. The first-order valence-electron chi connectivity index (χ1n) is 10.4. The number of fused-ring (bicyclic) bond motifs is 6. The number of nitrogens with zero attached hydrogens (tertiary/aromatic N) is 1. The van der Waals surface area contributed by atoms with Gasteiger partial charge in [-0.05, 0) is 46.5 Å². The fourth-order valence-electron chi connectivity index (χ4n) is 4.57. The Morgan fingerprint density at radius 3 is 2.27 bits per heavy atom. The van der Waals surface area contributed by atoms with Gasteiger partial charge < -0.3 is 0 Å². The molecule has 2 aromatic heterocycles. The maximum atomic E-state index is 5.21. The average Bonchev–Trinajstić information content (AvgIpc) is 3.17. The fraction of sp³-hybridized carbons (Fsp3) is 0.107. The van der Waals surface area contributed by atoms with Gasteiger partial charge in [-0.2, -0.15) is 0 Å². The molecule has 6 rings (SSSR count). The van der Waals surface area contributed by atoms with Crippen LogP contribution in [0.4, 0.5) is 0 Å². The zero-order chi connectivity index (χ0) is 20.2. The van der Waals surface area contributed by atoms with Crippen molar-refractivity contribution in [3.05, 3.63) is 90.5 Å². The number of aromatic nitrogens is 1. The number of thiophene rings is 1. The number of hydrogen-bond acceptors (Lipinski definition) is 2. The van der Waals surface area contributed by atoms with Crippen LogP contribution in [0.2, 0.25) is 0 Å². The molecule has 2 heteroatoms. The van der Waals surface area contributed by atoms with Crippen molar-refractivity contribution < 1.29 is 0 Å². The van der Waals surface area contributed by atoms with Crippen LogP contribution in [0.1, 0.15) is 25.3 Å². The van der Waals surface area contributed by atoms with Gasteiger partial charge in [-0.25, -0.2) is 4.98 Å². The normalized spacial score (nSPS) is 12.0. The molecular formula is C28H21NS. The first kappa shape index (κ1) is 17.6. The van der Waals surface area contributed by atoms with Crippen molar-refractivity contribution in [3.63, 3.8) is 0 Å². The third kappa shape index (κ3) is 2.57. The molecule has 2 heterocycles. The second-order valence-electron chi connectivity index (χ2n) is 8.22. The summed E-state index contributed by atoms with van der Waals surface area (Å²) in [4.78, 5) is 5.21. The number of hydrogen-bond donors (Lipinski definition) is 0. The summed E-state index contributed by atoms with van der Waals surface area (Å²) >= 11 is 1.87. The first-order chi connectivity index (χ1) is 14.7. The maximum Gasteiger partial charge on any atom is 0.0803 e. The Morgan fingerprint density at radius 1 is 0.733 bits per heavy atom. The molecule has 0 unspecified atom stereocenters. The van der Waals surface area contributed by atoms with E-state index in [9.17, 15) is 0 Å². The van der Waals surface area contributed by atoms with Crippen molar-refractivity contribution in [2.45, 2.75) is 19.8 Å². The minimum atomic E-state index is 0.449. The summed E-state index contributed by atoms with van der Waals surface area (Å²) in [6, 6.07) is 30.6. The van der Waals surface area contributed by atoms with Crippen molar-refractivity contribution in [2.24, 2.45) is 0 Å². The predicted octanol–water partition coefficient (Wildman–Crippen LogP) is 8.55. The lowest BCUT2D eigenvalue weighted by Gasteiger charge is -2.14. The van der Waals surface area contributed by atoms with Gasteiger partial charge in [-0.15, -0.1) is 11.3 Å². The van der Waals surface area contributed by atoms with Crippen molar-refractivity contribution in [1.29, 1.82) is 0 Å². The minimum Gasteiger partial charge on any atom is -0.247 e. The van der Waals surface area contributed by atoms with E-state index in [4.69, 9.17) is 4.98 Å². The van der Waals surface area contributed by atoms with Crippen molar-refractivity contribution in [3.8, 4) is 11.3 Å². The SMILES string of the molecule is CC(C)c1cc(-c2nc3ccccc3c3sc4ccccc4c23)cc2ccccc12. The van der Waals surface area contributed by atoms with Crippen LogP contribution >= 0.6 is 11.3 Å². The van der Waals surface area contributed by atoms with E-state index in [1.807, 2.05) is 11.3 Å². The van der Waals surface area contributed by atoms with Gasteiger partial charge in [0, 0.05) is 31.1 Å². The van der Waals surface area contributed by atoms with Gasteiger partial charge in [0.2, 0.25) is 0 Å². The van der Waals surface area contributed by atoms with Gasteiger partial charge in [0.1, 0.15) is 0 Å². The lowest BCUT2D eigenvalue weighted by Crippen LogP contribution is -1.94. The van der Waals surface area contributed by atoms with E-state index in [2.05, 4.69) is 98.8 Å². The zero-order valence-electron chi connectivity index (χ0n) is 17.0. The van der Waals surface area contributed by atoms with Gasteiger partial charge in [0.25, 0.3) is 0 Å². The topological polar surface area (TPSA) is 12.9 Å². The molecule has 0 amide bonds. The second-order valence-corrected chi connectivity index (χ2v) is 9.27. The molecule has 0 atom stereocenters. The predicted molar refractivity (Wildman–Crippen MR) is 132 cm³/mol. The first-order valence-corrected chi connectivity index (χ1v) is 11.3. The Morgan fingerprint density at radius 2 is 1.43 bits per heavy atom. The van der Waals surface area contributed by atoms with Crippen LogP contribution in [0, 0.1) is 0 Å². The van der Waals surface area contributed by atoms with E-state index >= 15 is 0 Å². The summed E-state index contributed by atoms with van der Waals surface area (Å²) in [6.45, 7) is 4.55. The molecule has 0 saturated carbocycles. The molecule has 0 N–H and O–H groups in total. The molecule has 4 aromatic carbocycles. The summed E-state index contributed by atoms with van der Waals surface area (Å²) < 4.78 is 2.65. The summed E-state index contributed by atoms with van der Waals surface area (Å²) in [5.74, 6) is 0.449. The van der Waals surface area contributed by atoms with Crippen molar-refractivity contribution >= 4 is 53.2 Å². The molecule has 0 aliphatic carbocycles. The van der Waals surface area contributed by atoms with Crippen LogP contribution in [0.25, 0.3) is 53.1 Å². The van der Waals surface area contributed by atoms with E-state index in [1.165, 1.54) is 47.5 Å². The molecule has 0 saturated heterocycles. The van der Waals surface area contributed by atoms with Gasteiger partial charge >= 0.3 is 0 Å². The molecule has 0 radical (unpaired) electrons. The fourth-order valence-corrected chi connectivity index (χ4v) is 5.81. The van der Waals surface area contributed by atoms with Crippen LogP contribution in [-0.2, 0) is 0 Å². The zero-order valence-corrected chi connectivity index (χ0v) is 17.8. The summed E-state index contributed by atoms with van der Waals surface area (Å²) in [7, 11) is 0. The van der Waals surface area contributed by atoms with Crippen molar-refractivity contribution in [1.82, 2.24) is 4.98 Å². The van der Waals surface area contributed by atoms with E-state index < -0.39 is 0 Å². The van der Waals surface area contributed by atoms with Gasteiger partial charge in [0.05, 0.1) is 11.2 Å². The highest BCUT2D eigenvalue weighted by atomic mass is 32.1. The highest BCUT2D eigenvalue weighted by molar-refractivity contribution is 7.26. The van der Waals surface area contributed by atoms with Crippen LogP contribution in [0.3, 0.4) is 0 Å². The molecule has 0 spiro atoms. The largest absolute Gasteiger partial charge is 0.247 e. The minimum absolute atomic E-state index is 0.449. The Kier molecular flexibility index (Phi) is 3.90. The van der Waals surface area contributed by atoms with E-state index in [1.54, 1.807) is 0 Å². The van der Waals surface area contributed by atoms with Gasteiger partial charge in [-0.3, -0.25) is 0 Å². The van der Waals surface area contributed by atoms with Crippen molar-refractivity contribution in [2.75, 3.05) is 0 Å². The van der Waals surface area contributed by atoms with Crippen LogP contribution in [0.15, 0.2) is 84.9 Å². The lowest BCUT2D eigenvalue weighted by atomic mass is 9.91. The quantitative estimate of drug-likeness (QED) is 0.282.